The summed E-state index contributed by atoms with van der Waals surface area (Å²) in [5, 5.41) is 11.1. The van der Waals surface area contributed by atoms with E-state index in [0.717, 1.165) is 49.1 Å². The van der Waals surface area contributed by atoms with Gasteiger partial charge in [-0.2, -0.15) is 25.8 Å². The van der Waals surface area contributed by atoms with Crippen molar-refractivity contribution in [3.05, 3.63) is 62.9 Å². The van der Waals surface area contributed by atoms with Gasteiger partial charge in [0.2, 0.25) is 0 Å². The topological polar surface area (TPSA) is 50.2 Å². The maximum absolute atomic E-state index is 13.4. The summed E-state index contributed by atoms with van der Waals surface area (Å²) >= 11 is 10.1. The summed E-state index contributed by atoms with van der Waals surface area (Å²) in [6.07, 6.45) is 4.12. The first-order valence-corrected chi connectivity index (χ1v) is 14.2. The van der Waals surface area contributed by atoms with Gasteiger partial charge in [0.25, 0.3) is 0 Å². The number of carbonyl (C=O) groups is 1. The zero-order valence-electron chi connectivity index (χ0n) is 22.4. The number of nitrogens with zero attached hydrogens (tertiary/aromatic N) is 1. The molecular formula is C29H39ClF3NO2S. The van der Waals surface area contributed by atoms with Gasteiger partial charge in [-0.3, -0.25) is 4.79 Å². The molecule has 1 N–H and O–H groups in total. The summed E-state index contributed by atoms with van der Waals surface area (Å²) < 4.78 is 38.8. The van der Waals surface area contributed by atoms with Crippen molar-refractivity contribution in [2.75, 3.05) is 6.26 Å². The Bertz CT molecular complexity index is 1050. The van der Waals surface area contributed by atoms with Crippen molar-refractivity contribution < 1.29 is 23.1 Å². The minimum atomic E-state index is -4.47. The molecule has 2 aliphatic carbocycles. The lowest BCUT2D eigenvalue weighted by atomic mass is 9.71. The lowest BCUT2D eigenvalue weighted by Crippen LogP contribution is -2.29. The fourth-order valence-corrected chi connectivity index (χ4v) is 5.39. The number of pyridine rings is 1. The van der Waals surface area contributed by atoms with E-state index in [2.05, 4.69) is 45.3 Å². The third-order valence-corrected chi connectivity index (χ3v) is 7.27. The van der Waals surface area contributed by atoms with Gasteiger partial charge in [0.15, 0.2) is 5.78 Å². The Hall–Kier alpha value is -1.57. The van der Waals surface area contributed by atoms with Gasteiger partial charge in [0, 0.05) is 16.8 Å². The molecule has 0 radical (unpaired) electrons. The highest BCUT2D eigenvalue weighted by molar-refractivity contribution is 7.79. The maximum Gasteiger partial charge on any atom is 0.416 e. The van der Waals surface area contributed by atoms with Crippen LogP contribution in [0.3, 0.4) is 0 Å². The Morgan fingerprint density at radius 3 is 2.11 bits per heavy atom. The van der Waals surface area contributed by atoms with E-state index in [-0.39, 0.29) is 27.6 Å². The number of aliphatic hydroxyl groups excluding tert-OH is 1. The number of hydrogen-bond acceptors (Lipinski definition) is 4. The zero-order valence-corrected chi connectivity index (χ0v) is 24.0. The molecule has 1 aromatic carbocycles. The number of thiol groups is 1. The highest BCUT2D eigenvalue weighted by Gasteiger charge is 2.39. The van der Waals surface area contributed by atoms with E-state index < -0.39 is 23.6 Å². The molecular weight excluding hydrogens is 519 g/mol. The van der Waals surface area contributed by atoms with Crippen molar-refractivity contribution in [2.45, 2.75) is 97.3 Å². The van der Waals surface area contributed by atoms with E-state index in [1.165, 1.54) is 25.0 Å². The molecule has 1 aromatic heterocycles. The van der Waals surface area contributed by atoms with E-state index in [9.17, 15) is 23.1 Å². The number of carbonyl (C=O) groups excluding carboxylic acids is 1. The fourth-order valence-electron chi connectivity index (χ4n) is 5.10. The van der Waals surface area contributed by atoms with Gasteiger partial charge >= 0.3 is 6.18 Å². The molecule has 8 heteroatoms. The molecule has 0 bridgehead atoms. The Labute approximate surface area is 229 Å². The number of hydrogen-bond donors (Lipinski definition) is 2. The number of benzene rings is 1. The molecule has 1 atom stereocenters. The number of fused-ring (bicyclic) bond motifs is 1. The largest absolute Gasteiger partial charge is 0.416 e. The van der Waals surface area contributed by atoms with Crippen LogP contribution in [-0.2, 0) is 12.6 Å². The fraction of sp³-hybridized carbons (Fsp3) is 0.586. The normalized spacial score (nSPS) is 18.7. The van der Waals surface area contributed by atoms with Crippen LogP contribution in [0.1, 0.15) is 123 Å². The second-order valence-electron chi connectivity index (χ2n) is 10.5. The molecule has 37 heavy (non-hydrogen) atoms. The van der Waals surface area contributed by atoms with Crippen LogP contribution in [0, 0.1) is 5.41 Å². The quantitative estimate of drug-likeness (QED) is 0.224. The van der Waals surface area contributed by atoms with Crippen LogP contribution >= 0.6 is 24.2 Å². The van der Waals surface area contributed by atoms with E-state index >= 15 is 0 Å². The van der Waals surface area contributed by atoms with Crippen LogP contribution in [0.25, 0.3) is 0 Å². The zero-order chi connectivity index (χ0) is 28.0. The van der Waals surface area contributed by atoms with Crippen LogP contribution in [0.4, 0.5) is 13.2 Å². The first-order chi connectivity index (χ1) is 17.4. The van der Waals surface area contributed by atoms with Gasteiger partial charge in [-0.1, -0.05) is 77.1 Å². The number of unbranched alkanes of at least 4 members (excludes halogenated alkanes) is 1. The summed E-state index contributed by atoms with van der Waals surface area (Å²) in [7, 11) is 0. The third-order valence-electron chi connectivity index (χ3n) is 7.00. The van der Waals surface area contributed by atoms with Crippen LogP contribution in [0.15, 0.2) is 24.3 Å². The molecule has 2 aliphatic rings. The summed E-state index contributed by atoms with van der Waals surface area (Å²) in [4.78, 5) is 17.9. The highest BCUT2D eigenvalue weighted by atomic mass is 35.5. The Morgan fingerprint density at radius 1 is 1.08 bits per heavy atom. The van der Waals surface area contributed by atoms with Gasteiger partial charge in [0.05, 0.1) is 17.2 Å². The van der Waals surface area contributed by atoms with Gasteiger partial charge in [-0.15, -0.1) is 0 Å². The van der Waals surface area contributed by atoms with E-state index in [1.807, 2.05) is 0 Å². The molecule has 1 fully saturated rings. The smallest absolute Gasteiger partial charge is 0.388 e. The van der Waals surface area contributed by atoms with Crippen molar-refractivity contribution in [3.8, 4) is 0 Å². The Morgan fingerprint density at radius 2 is 1.62 bits per heavy atom. The molecule has 0 aliphatic heterocycles. The molecule has 206 valence electrons. The van der Waals surface area contributed by atoms with Crippen LogP contribution < -0.4 is 0 Å². The molecule has 0 spiro atoms. The van der Waals surface area contributed by atoms with Gasteiger partial charge in [-0.05, 0) is 61.0 Å². The predicted molar refractivity (Wildman–Crippen MR) is 148 cm³/mol. The monoisotopic (exact) mass is 557 g/mol. The van der Waals surface area contributed by atoms with Gasteiger partial charge < -0.3 is 5.11 Å². The average Bonchev–Trinajstić information content (AvgIpc) is 3.38. The lowest BCUT2D eigenvalue weighted by Gasteiger charge is -2.37. The van der Waals surface area contributed by atoms with Crippen LogP contribution in [0.5, 0.6) is 0 Å². The molecule has 1 heterocycles. The van der Waals surface area contributed by atoms with Crippen molar-refractivity contribution in [2.24, 2.45) is 5.41 Å². The summed E-state index contributed by atoms with van der Waals surface area (Å²) in [5.74, 6) is -0.369. The first kappa shape index (κ1) is 31.6. The number of halogens is 4. The molecule has 0 amide bonds. The van der Waals surface area contributed by atoms with E-state index in [0.29, 0.717) is 18.4 Å². The Balaban J connectivity index is 0.000000733. The lowest BCUT2D eigenvalue weighted by molar-refractivity contribution is -0.137. The molecule has 1 unspecified atom stereocenters. The number of ketones is 1. The number of rotatable bonds is 4. The molecule has 4 rings (SSSR count). The van der Waals surface area contributed by atoms with Gasteiger partial charge in [-0.25, -0.2) is 4.98 Å². The van der Waals surface area contributed by atoms with Crippen molar-refractivity contribution in [1.29, 1.82) is 0 Å². The molecule has 0 saturated heterocycles. The summed E-state index contributed by atoms with van der Waals surface area (Å²) in [5.41, 5.74) is 1.57. The minimum Gasteiger partial charge on any atom is -0.388 e. The average molecular weight is 558 g/mol. The van der Waals surface area contributed by atoms with E-state index in [1.54, 1.807) is 6.26 Å². The van der Waals surface area contributed by atoms with Crippen molar-refractivity contribution >= 4 is 30.0 Å². The maximum atomic E-state index is 13.4. The second-order valence-corrected chi connectivity index (χ2v) is 10.9. The van der Waals surface area contributed by atoms with Crippen LogP contribution in [0.2, 0.25) is 5.15 Å². The SMILES string of the molecule is CC1(C)Cc2nc(Cl)c(C(=O)c3ccc(C(F)(F)F)cc3)c(C3CCCC3)c2C(O)C1.CCCC.CS. The summed E-state index contributed by atoms with van der Waals surface area (Å²) in [6.45, 7) is 8.48. The summed E-state index contributed by atoms with van der Waals surface area (Å²) in [6, 6.07) is 4.16. The predicted octanol–water partition coefficient (Wildman–Crippen LogP) is 9.00. The number of aliphatic hydroxyl groups is 1. The van der Waals surface area contributed by atoms with Gasteiger partial charge in [0.1, 0.15) is 5.15 Å². The van der Waals surface area contributed by atoms with Crippen LogP contribution in [-0.4, -0.2) is 22.1 Å². The second kappa shape index (κ2) is 13.5. The number of aromatic nitrogens is 1. The van der Waals surface area contributed by atoms with E-state index in [4.69, 9.17) is 11.6 Å². The standard InChI is InChI=1S/C24H25ClF3NO2.C4H10.CH4S/c1-23(2)11-16-19(17(30)12-23)18(13-5-3-4-6-13)20(22(25)29-16)21(31)14-7-9-15(10-8-14)24(26,27)28;1-3-4-2;1-2/h7-10,13,17,30H,3-6,11-12H2,1-2H3;3-4H2,1-2H3;2H,1H3. The number of alkyl halides is 3. The first-order valence-electron chi connectivity index (χ1n) is 13.0. The van der Waals surface area contributed by atoms with Crippen molar-refractivity contribution in [3.63, 3.8) is 0 Å². The molecule has 1 saturated carbocycles. The minimum absolute atomic E-state index is 0.0652. The highest BCUT2D eigenvalue weighted by Crippen LogP contribution is 2.48. The molecule has 2 aromatic rings. The third kappa shape index (κ3) is 7.73. The molecule has 3 nitrogen and oxygen atoms in total. The van der Waals surface area contributed by atoms with Crippen molar-refractivity contribution in [1.82, 2.24) is 4.98 Å². The Kier molecular flexibility index (Phi) is 11.5.